The maximum Gasteiger partial charge on any atom is 0.247 e. The third-order valence-corrected chi connectivity index (χ3v) is 6.62. The van der Waals surface area contributed by atoms with Gasteiger partial charge in [-0.25, -0.2) is 9.97 Å². The van der Waals surface area contributed by atoms with Gasteiger partial charge < -0.3 is 20.3 Å². The summed E-state index contributed by atoms with van der Waals surface area (Å²) in [5, 5.41) is 7.72. The molecule has 7 nitrogen and oxygen atoms in total. The molecule has 1 amide bonds. The summed E-state index contributed by atoms with van der Waals surface area (Å²) < 4.78 is 6.27. The van der Waals surface area contributed by atoms with Gasteiger partial charge in [0, 0.05) is 40.9 Å². The van der Waals surface area contributed by atoms with Crippen LogP contribution in [-0.2, 0) is 4.79 Å². The topological polar surface area (TPSA) is 79.4 Å². The molecule has 2 heterocycles. The van der Waals surface area contributed by atoms with Gasteiger partial charge in [-0.3, -0.25) is 4.79 Å². The predicted molar refractivity (Wildman–Crippen MR) is 150 cm³/mol. The molecule has 1 fully saturated rings. The van der Waals surface area contributed by atoms with Crippen LogP contribution in [0.15, 0.2) is 79.5 Å². The first-order chi connectivity index (χ1) is 18.0. The zero-order chi connectivity index (χ0) is 25.8. The first-order valence-corrected chi connectivity index (χ1v) is 12.6. The number of hydrogen-bond donors (Lipinski definition) is 2. The van der Waals surface area contributed by atoms with E-state index in [-0.39, 0.29) is 12.0 Å². The number of para-hydroxylation sites is 1. The number of piperidine rings is 1. The molecule has 0 bridgehead atoms. The SMILES string of the molecule is C=CC(=O)Nc1cc(Nc2ncc3cccc(-c4cccc(Cl)c4)c3n2)ccc1OC1CCN(C)CC1. The number of amides is 1. The smallest absolute Gasteiger partial charge is 0.247 e. The van der Waals surface area contributed by atoms with Gasteiger partial charge in [-0.2, -0.15) is 0 Å². The summed E-state index contributed by atoms with van der Waals surface area (Å²) in [4.78, 5) is 23.7. The van der Waals surface area contributed by atoms with Crippen molar-refractivity contribution in [1.29, 1.82) is 0 Å². The van der Waals surface area contributed by atoms with E-state index in [2.05, 4.69) is 34.1 Å². The molecule has 0 radical (unpaired) electrons. The quantitative estimate of drug-likeness (QED) is 0.283. The average molecular weight is 514 g/mol. The molecule has 188 valence electrons. The number of hydrogen-bond acceptors (Lipinski definition) is 6. The number of nitrogens with zero attached hydrogens (tertiary/aromatic N) is 3. The molecule has 1 saturated heterocycles. The van der Waals surface area contributed by atoms with E-state index in [1.165, 1.54) is 6.08 Å². The van der Waals surface area contributed by atoms with E-state index in [0.29, 0.717) is 22.4 Å². The van der Waals surface area contributed by atoms with Crippen LogP contribution in [0.25, 0.3) is 22.0 Å². The molecule has 0 saturated carbocycles. The zero-order valence-corrected chi connectivity index (χ0v) is 21.3. The van der Waals surface area contributed by atoms with Crippen LogP contribution in [0.4, 0.5) is 17.3 Å². The number of ether oxygens (including phenoxy) is 1. The van der Waals surface area contributed by atoms with Crippen molar-refractivity contribution >= 4 is 45.7 Å². The number of halogens is 1. The summed E-state index contributed by atoms with van der Waals surface area (Å²) in [6.45, 7) is 5.53. The second kappa shape index (κ2) is 11.0. The van der Waals surface area contributed by atoms with E-state index >= 15 is 0 Å². The Balaban J connectivity index is 1.43. The number of benzene rings is 3. The summed E-state index contributed by atoms with van der Waals surface area (Å²) in [6, 6.07) is 19.2. The number of carbonyl (C=O) groups is 1. The van der Waals surface area contributed by atoms with E-state index in [1.54, 1.807) is 6.20 Å². The Morgan fingerprint density at radius 1 is 1.14 bits per heavy atom. The van der Waals surface area contributed by atoms with E-state index in [4.69, 9.17) is 21.3 Å². The van der Waals surface area contributed by atoms with Gasteiger partial charge in [0.1, 0.15) is 11.9 Å². The van der Waals surface area contributed by atoms with Gasteiger partial charge in [-0.1, -0.05) is 48.5 Å². The molecule has 0 aliphatic carbocycles. The Morgan fingerprint density at radius 2 is 1.95 bits per heavy atom. The van der Waals surface area contributed by atoms with Crippen molar-refractivity contribution in [3.8, 4) is 16.9 Å². The van der Waals surface area contributed by atoms with Crippen molar-refractivity contribution in [2.75, 3.05) is 30.8 Å². The summed E-state index contributed by atoms with van der Waals surface area (Å²) >= 11 is 6.23. The lowest BCUT2D eigenvalue weighted by Crippen LogP contribution is -2.35. The molecule has 37 heavy (non-hydrogen) atoms. The molecule has 1 aliphatic rings. The molecule has 1 aromatic heterocycles. The number of carbonyl (C=O) groups excluding carboxylic acids is 1. The zero-order valence-electron chi connectivity index (χ0n) is 20.6. The highest BCUT2D eigenvalue weighted by Gasteiger charge is 2.20. The Morgan fingerprint density at radius 3 is 2.73 bits per heavy atom. The summed E-state index contributed by atoms with van der Waals surface area (Å²) in [5.74, 6) is 0.753. The molecule has 5 rings (SSSR count). The molecule has 0 spiro atoms. The lowest BCUT2D eigenvalue weighted by molar-refractivity contribution is -0.111. The third kappa shape index (κ3) is 5.90. The highest BCUT2D eigenvalue weighted by molar-refractivity contribution is 6.30. The van der Waals surface area contributed by atoms with Crippen molar-refractivity contribution in [1.82, 2.24) is 14.9 Å². The van der Waals surface area contributed by atoms with Crippen LogP contribution in [0.5, 0.6) is 5.75 Å². The van der Waals surface area contributed by atoms with Crippen molar-refractivity contribution in [2.24, 2.45) is 0 Å². The summed E-state index contributed by atoms with van der Waals surface area (Å²) in [5.41, 5.74) is 4.03. The first kappa shape index (κ1) is 24.7. The van der Waals surface area contributed by atoms with Gasteiger partial charge in [-0.05, 0) is 61.9 Å². The maximum atomic E-state index is 12.1. The molecule has 8 heteroatoms. The van der Waals surface area contributed by atoms with Gasteiger partial charge in [0.15, 0.2) is 0 Å². The number of anilines is 3. The van der Waals surface area contributed by atoms with Crippen LogP contribution in [0, 0.1) is 0 Å². The van der Waals surface area contributed by atoms with Crippen LogP contribution in [0.3, 0.4) is 0 Å². The van der Waals surface area contributed by atoms with E-state index < -0.39 is 0 Å². The molecule has 1 aliphatic heterocycles. The Bertz CT molecular complexity index is 1450. The lowest BCUT2D eigenvalue weighted by Gasteiger charge is -2.30. The van der Waals surface area contributed by atoms with Crippen molar-refractivity contribution < 1.29 is 9.53 Å². The molecular formula is C29H28ClN5O2. The first-order valence-electron chi connectivity index (χ1n) is 12.2. The van der Waals surface area contributed by atoms with Gasteiger partial charge >= 0.3 is 0 Å². The third-order valence-electron chi connectivity index (χ3n) is 6.38. The predicted octanol–water partition coefficient (Wildman–Crippen LogP) is 6.29. The highest BCUT2D eigenvalue weighted by atomic mass is 35.5. The fourth-order valence-electron chi connectivity index (χ4n) is 4.41. The average Bonchev–Trinajstić information content (AvgIpc) is 2.91. The fraction of sp³-hybridized carbons (Fsp3) is 0.207. The van der Waals surface area contributed by atoms with Gasteiger partial charge in [0.05, 0.1) is 11.2 Å². The van der Waals surface area contributed by atoms with E-state index in [1.807, 2.05) is 60.7 Å². The Hall–Kier alpha value is -3.94. The van der Waals surface area contributed by atoms with Crippen LogP contribution in [0.1, 0.15) is 12.8 Å². The molecule has 0 unspecified atom stereocenters. The fourth-order valence-corrected chi connectivity index (χ4v) is 4.60. The van der Waals surface area contributed by atoms with Gasteiger partial charge in [0.25, 0.3) is 0 Å². The molecule has 3 aromatic carbocycles. The van der Waals surface area contributed by atoms with Gasteiger partial charge in [0.2, 0.25) is 11.9 Å². The van der Waals surface area contributed by atoms with E-state index in [0.717, 1.165) is 53.6 Å². The Labute approximate surface area is 221 Å². The number of nitrogens with one attached hydrogen (secondary N) is 2. The molecule has 4 aromatic rings. The van der Waals surface area contributed by atoms with Crippen LogP contribution in [0.2, 0.25) is 5.02 Å². The second-order valence-electron chi connectivity index (χ2n) is 9.10. The standard InChI is InChI=1S/C29H28ClN5O2/c1-3-27(36)33-25-17-22(10-11-26(25)37-23-12-14-35(2)15-13-23)32-29-31-18-20-7-5-9-24(28(20)34-29)19-6-4-8-21(30)16-19/h3-11,16-18,23H,1,12-15H2,2H3,(H,33,36)(H,31,32,34). The second-order valence-corrected chi connectivity index (χ2v) is 9.53. The number of rotatable bonds is 7. The number of aromatic nitrogens is 2. The summed E-state index contributed by atoms with van der Waals surface area (Å²) in [6.07, 6.45) is 5.00. The minimum absolute atomic E-state index is 0.100. The molecular weight excluding hydrogens is 486 g/mol. The lowest BCUT2D eigenvalue weighted by atomic mass is 10.0. The van der Waals surface area contributed by atoms with Crippen molar-refractivity contribution in [3.63, 3.8) is 0 Å². The normalized spacial score (nSPS) is 14.3. The molecule has 0 atom stereocenters. The van der Waals surface area contributed by atoms with Crippen molar-refractivity contribution in [2.45, 2.75) is 18.9 Å². The van der Waals surface area contributed by atoms with Crippen LogP contribution >= 0.6 is 11.6 Å². The number of fused-ring (bicyclic) bond motifs is 1. The van der Waals surface area contributed by atoms with Crippen molar-refractivity contribution in [3.05, 3.63) is 84.5 Å². The van der Waals surface area contributed by atoms with Crippen LogP contribution in [-0.4, -0.2) is 47.0 Å². The minimum atomic E-state index is -0.307. The maximum absolute atomic E-state index is 12.1. The van der Waals surface area contributed by atoms with Gasteiger partial charge in [-0.15, -0.1) is 0 Å². The summed E-state index contributed by atoms with van der Waals surface area (Å²) in [7, 11) is 2.11. The number of likely N-dealkylation sites (tertiary alicyclic amines) is 1. The minimum Gasteiger partial charge on any atom is -0.488 e. The van der Waals surface area contributed by atoms with E-state index in [9.17, 15) is 4.79 Å². The highest BCUT2D eigenvalue weighted by Crippen LogP contribution is 2.33. The van der Waals surface area contributed by atoms with Crippen LogP contribution < -0.4 is 15.4 Å². The molecule has 2 N–H and O–H groups in total. The largest absolute Gasteiger partial charge is 0.488 e. The Kier molecular flexibility index (Phi) is 7.35. The monoisotopic (exact) mass is 513 g/mol.